The minimum atomic E-state index is -0.316. The van der Waals surface area contributed by atoms with Gasteiger partial charge in [0.05, 0.1) is 12.5 Å². The number of aromatic nitrogens is 2. The summed E-state index contributed by atoms with van der Waals surface area (Å²) in [4.78, 5) is 19.7. The molecule has 2 rings (SSSR count). The number of carbonyl (C=O) groups excluding carboxylic acids is 1. The Morgan fingerprint density at radius 3 is 2.94 bits per heavy atom. The summed E-state index contributed by atoms with van der Waals surface area (Å²) in [6.45, 7) is 0. The Balaban J connectivity index is 2.03. The van der Waals surface area contributed by atoms with Gasteiger partial charge in [0.1, 0.15) is 15.0 Å². The summed E-state index contributed by atoms with van der Waals surface area (Å²) in [7, 11) is 0. The zero-order chi connectivity index (χ0) is 13.0. The molecule has 2 aromatic rings. The normalized spacial score (nSPS) is 10.8. The molecule has 1 amide bonds. The van der Waals surface area contributed by atoms with Crippen LogP contribution in [0, 0.1) is 0 Å². The van der Waals surface area contributed by atoms with Gasteiger partial charge in [-0.1, -0.05) is 0 Å². The smallest absolute Gasteiger partial charge is 0.249 e. The quantitative estimate of drug-likeness (QED) is 0.839. The van der Waals surface area contributed by atoms with Crippen molar-refractivity contribution in [3.8, 4) is 0 Å². The fraction of sp³-hybridized carbons (Fsp3) is 0. The Morgan fingerprint density at radius 2 is 2.28 bits per heavy atom. The van der Waals surface area contributed by atoms with Crippen LogP contribution in [0.25, 0.3) is 6.08 Å². The third-order valence-corrected chi connectivity index (χ3v) is 2.82. The molecule has 1 N–H and O–H groups in total. The van der Waals surface area contributed by atoms with Crippen LogP contribution in [0.3, 0.4) is 0 Å². The minimum absolute atomic E-state index is 0.316. The van der Waals surface area contributed by atoms with Crippen LogP contribution in [0.5, 0.6) is 0 Å². The van der Waals surface area contributed by atoms with Crippen LogP contribution < -0.4 is 5.32 Å². The average Bonchev–Trinajstić information content (AvgIpc) is 2.83. The highest BCUT2D eigenvalue weighted by Gasteiger charge is 2.06. The molecule has 0 aliphatic heterocycles. The van der Waals surface area contributed by atoms with Crippen molar-refractivity contribution in [3.05, 3.63) is 45.6 Å². The number of rotatable bonds is 3. The summed E-state index contributed by atoms with van der Waals surface area (Å²) in [6, 6.07) is 3.49. The van der Waals surface area contributed by atoms with Crippen molar-refractivity contribution in [2.75, 3.05) is 5.32 Å². The van der Waals surface area contributed by atoms with Crippen LogP contribution in [-0.4, -0.2) is 15.9 Å². The molecule has 0 atom stereocenters. The van der Waals surface area contributed by atoms with Gasteiger partial charge in [0.15, 0.2) is 5.82 Å². The molecule has 7 heteroatoms. The molecule has 2 heterocycles. The first-order valence-electron chi connectivity index (χ1n) is 4.86. The highest BCUT2D eigenvalue weighted by atomic mass is 79.9. The third-order valence-electron chi connectivity index (χ3n) is 1.88. The van der Waals surface area contributed by atoms with E-state index in [2.05, 4.69) is 47.1 Å². The fourth-order valence-corrected chi connectivity index (χ4v) is 2.04. The highest BCUT2D eigenvalue weighted by molar-refractivity contribution is 9.11. The number of carbonyl (C=O) groups is 1. The van der Waals surface area contributed by atoms with Crippen molar-refractivity contribution in [1.29, 1.82) is 0 Å². The van der Waals surface area contributed by atoms with Crippen molar-refractivity contribution >= 4 is 49.7 Å². The molecule has 0 aliphatic rings. The predicted octanol–water partition coefficient (Wildman–Crippen LogP) is 3.25. The summed E-state index contributed by atoms with van der Waals surface area (Å²) in [5.41, 5.74) is 0. The molecule has 2 aromatic heterocycles. The molecule has 0 bridgehead atoms. The van der Waals surface area contributed by atoms with Gasteiger partial charge < -0.3 is 9.73 Å². The SMILES string of the molecule is O=C(/C=C/c1ccco1)Nc1ncc(Br)nc1Br. The largest absolute Gasteiger partial charge is 0.465 e. The Morgan fingerprint density at radius 1 is 1.44 bits per heavy atom. The van der Waals surface area contributed by atoms with Crippen LogP contribution in [0.4, 0.5) is 5.82 Å². The molecule has 92 valence electrons. The van der Waals surface area contributed by atoms with E-state index in [9.17, 15) is 4.79 Å². The van der Waals surface area contributed by atoms with Gasteiger partial charge in [-0.3, -0.25) is 4.79 Å². The number of hydrogen-bond acceptors (Lipinski definition) is 4. The number of furan rings is 1. The number of nitrogens with one attached hydrogen (secondary N) is 1. The summed E-state index contributed by atoms with van der Waals surface area (Å²) in [5, 5.41) is 2.59. The number of hydrogen-bond donors (Lipinski definition) is 1. The first-order valence-corrected chi connectivity index (χ1v) is 6.44. The highest BCUT2D eigenvalue weighted by Crippen LogP contribution is 2.19. The van der Waals surface area contributed by atoms with Crippen LogP contribution in [0.2, 0.25) is 0 Å². The average molecular weight is 373 g/mol. The zero-order valence-electron chi connectivity index (χ0n) is 8.93. The summed E-state index contributed by atoms with van der Waals surface area (Å²) in [5.74, 6) is 0.641. The number of nitrogens with zero attached hydrogens (tertiary/aromatic N) is 2. The van der Waals surface area contributed by atoms with E-state index in [-0.39, 0.29) is 5.91 Å². The maximum absolute atomic E-state index is 11.6. The van der Waals surface area contributed by atoms with E-state index in [0.717, 1.165) is 0 Å². The monoisotopic (exact) mass is 371 g/mol. The van der Waals surface area contributed by atoms with E-state index in [1.54, 1.807) is 18.2 Å². The van der Waals surface area contributed by atoms with Crippen LogP contribution >= 0.6 is 31.9 Å². The standard InChI is InChI=1S/C11H7Br2N3O2/c12-8-6-14-11(10(13)15-8)16-9(17)4-3-7-2-1-5-18-7/h1-6H,(H,14,16,17)/b4-3+. The molecule has 0 saturated heterocycles. The van der Waals surface area contributed by atoms with Crippen molar-refractivity contribution < 1.29 is 9.21 Å². The van der Waals surface area contributed by atoms with Crippen molar-refractivity contribution in [1.82, 2.24) is 9.97 Å². The molecule has 0 aliphatic carbocycles. The summed E-state index contributed by atoms with van der Waals surface area (Å²) < 4.78 is 6.10. The fourth-order valence-electron chi connectivity index (χ4n) is 1.13. The van der Waals surface area contributed by atoms with Crippen LogP contribution in [0.1, 0.15) is 5.76 Å². The van der Waals surface area contributed by atoms with Gasteiger partial charge in [-0.2, -0.15) is 0 Å². The van der Waals surface area contributed by atoms with Gasteiger partial charge in [0.25, 0.3) is 0 Å². The lowest BCUT2D eigenvalue weighted by atomic mass is 10.4. The van der Waals surface area contributed by atoms with Crippen molar-refractivity contribution in [2.24, 2.45) is 0 Å². The van der Waals surface area contributed by atoms with Crippen LogP contribution in [0.15, 0.2) is 44.3 Å². The van der Waals surface area contributed by atoms with E-state index in [0.29, 0.717) is 20.8 Å². The Bertz CT molecular complexity index is 582. The number of amides is 1. The molecule has 0 fully saturated rings. The molecule has 0 saturated carbocycles. The number of halogens is 2. The second-order valence-corrected chi connectivity index (χ2v) is 4.73. The Hall–Kier alpha value is -1.47. The van der Waals surface area contributed by atoms with E-state index >= 15 is 0 Å². The van der Waals surface area contributed by atoms with E-state index < -0.39 is 0 Å². The van der Waals surface area contributed by atoms with Gasteiger partial charge in [0.2, 0.25) is 5.91 Å². The van der Waals surface area contributed by atoms with Gasteiger partial charge in [-0.25, -0.2) is 9.97 Å². The van der Waals surface area contributed by atoms with Gasteiger partial charge in [-0.05, 0) is 50.1 Å². The minimum Gasteiger partial charge on any atom is -0.465 e. The third kappa shape index (κ3) is 3.51. The predicted molar refractivity (Wildman–Crippen MR) is 73.8 cm³/mol. The lowest BCUT2D eigenvalue weighted by Gasteiger charge is -2.02. The number of anilines is 1. The molecular formula is C11H7Br2N3O2. The molecule has 0 radical (unpaired) electrons. The summed E-state index contributed by atoms with van der Waals surface area (Å²) in [6.07, 6.45) is 5.95. The Kier molecular flexibility index (Phi) is 4.27. The second kappa shape index (κ2) is 5.92. The van der Waals surface area contributed by atoms with Crippen LogP contribution in [-0.2, 0) is 4.79 Å². The lowest BCUT2D eigenvalue weighted by Crippen LogP contribution is -2.10. The topological polar surface area (TPSA) is 68.0 Å². The van der Waals surface area contributed by atoms with Crippen molar-refractivity contribution in [2.45, 2.75) is 0 Å². The first-order chi connectivity index (χ1) is 8.65. The molecule has 5 nitrogen and oxygen atoms in total. The Labute approximate surface area is 120 Å². The van der Waals surface area contributed by atoms with Gasteiger partial charge >= 0.3 is 0 Å². The maximum Gasteiger partial charge on any atom is 0.249 e. The van der Waals surface area contributed by atoms with E-state index in [1.165, 1.54) is 18.5 Å². The van der Waals surface area contributed by atoms with E-state index in [4.69, 9.17) is 4.42 Å². The molecule has 0 aromatic carbocycles. The second-order valence-electron chi connectivity index (χ2n) is 3.17. The van der Waals surface area contributed by atoms with E-state index in [1.807, 2.05) is 0 Å². The zero-order valence-corrected chi connectivity index (χ0v) is 12.1. The first kappa shape index (κ1) is 13.0. The molecule has 0 spiro atoms. The molecular weight excluding hydrogens is 366 g/mol. The molecule has 0 unspecified atom stereocenters. The lowest BCUT2D eigenvalue weighted by molar-refractivity contribution is -0.111. The van der Waals surface area contributed by atoms with Gasteiger partial charge in [-0.15, -0.1) is 0 Å². The van der Waals surface area contributed by atoms with Crippen molar-refractivity contribution in [3.63, 3.8) is 0 Å². The van der Waals surface area contributed by atoms with Gasteiger partial charge in [0, 0.05) is 6.08 Å². The molecule has 18 heavy (non-hydrogen) atoms. The summed E-state index contributed by atoms with van der Waals surface area (Å²) >= 11 is 6.38. The maximum atomic E-state index is 11.6.